The highest BCUT2D eigenvalue weighted by Crippen LogP contribution is 2.39. The monoisotopic (exact) mass is 245 g/mol. The van der Waals surface area contributed by atoms with Crippen LogP contribution in [0, 0.1) is 0 Å². The summed E-state index contributed by atoms with van der Waals surface area (Å²) in [5.41, 5.74) is 1.21. The molecular weight excluding hydrogens is 237 g/mol. The molecule has 0 amide bonds. The van der Waals surface area contributed by atoms with Crippen LogP contribution in [0.1, 0.15) is 30.7 Å². The second kappa shape index (κ2) is 3.35. The Hall–Kier alpha value is -0.0800. The summed E-state index contributed by atoms with van der Waals surface area (Å²) in [5, 5.41) is 0.849. The Morgan fingerprint density at radius 2 is 2.25 bits per heavy atom. The number of pyridine rings is 1. The van der Waals surface area contributed by atoms with E-state index in [9.17, 15) is 0 Å². The zero-order valence-electron chi connectivity index (χ0n) is 6.56. The van der Waals surface area contributed by atoms with Gasteiger partial charge in [0.2, 0.25) is 0 Å². The fraction of sp³-hybridized carbons (Fsp3) is 0.444. The van der Waals surface area contributed by atoms with Crippen molar-refractivity contribution in [2.75, 3.05) is 0 Å². The molecule has 0 aliphatic heterocycles. The van der Waals surface area contributed by atoms with E-state index in [4.69, 9.17) is 11.6 Å². The van der Waals surface area contributed by atoms with Crippen molar-refractivity contribution < 1.29 is 0 Å². The van der Waals surface area contributed by atoms with E-state index in [1.54, 1.807) is 0 Å². The van der Waals surface area contributed by atoms with Crippen LogP contribution in [-0.2, 0) is 0 Å². The van der Waals surface area contributed by atoms with Crippen molar-refractivity contribution in [3.05, 3.63) is 27.5 Å². The fourth-order valence-corrected chi connectivity index (χ4v) is 2.21. The smallest absolute Gasteiger partial charge is 0.107 e. The van der Waals surface area contributed by atoms with Gasteiger partial charge in [-0.3, -0.25) is 0 Å². The van der Waals surface area contributed by atoms with E-state index in [0.29, 0.717) is 5.92 Å². The van der Waals surface area contributed by atoms with Gasteiger partial charge in [-0.1, -0.05) is 18.0 Å². The van der Waals surface area contributed by atoms with Crippen molar-refractivity contribution in [3.8, 4) is 0 Å². The maximum absolute atomic E-state index is 6.07. The van der Waals surface area contributed by atoms with Crippen LogP contribution >= 0.6 is 27.5 Å². The molecule has 3 heteroatoms. The first-order valence-corrected chi connectivity index (χ1v) is 5.25. The lowest BCUT2D eigenvalue weighted by molar-refractivity contribution is 0.419. The van der Waals surface area contributed by atoms with Crippen LogP contribution in [0.25, 0.3) is 0 Å². The van der Waals surface area contributed by atoms with Crippen LogP contribution in [-0.4, -0.2) is 4.98 Å². The molecule has 2 rings (SSSR count). The van der Waals surface area contributed by atoms with E-state index in [1.165, 1.54) is 24.8 Å². The third-order valence-corrected chi connectivity index (χ3v) is 3.15. The molecule has 64 valence electrons. The molecule has 0 saturated heterocycles. The fourth-order valence-electron chi connectivity index (χ4n) is 1.44. The third-order valence-electron chi connectivity index (χ3n) is 2.39. The van der Waals surface area contributed by atoms with Gasteiger partial charge >= 0.3 is 0 Å². The minimum Gasteiger partial charge on any atom is -0.249 e. The zero-order valence-corrected chi connectivity index (χ0v) is 8.90. The van der Waals surface area contributed by atoms with E-state index < -0.39 is 0 Å². The lowest BCUT2D eigenvalue weighted by Crippen LogP contribution is -2.09. The number of aromatic nitrogens is 1. The maximum Gasteiger partial charge on any atom is 0.107 e. The molecule has 0 unspecified atom stereocenters. The Bertz CT molecular complexity index is 297. The van der Waals surface area contributed by atoms with Gasteiger partial charge in [0.05, 0.1) is 0 Å². The molecule has 0 atom stereocenters. The van der Waals surface area contributed by atoms with Crippen LogP contribution in [0.2, 0.25) is 5.02 Å². The predicted octanol–water partition coefficient (Wildman–Crippen LogP) is 3.77. The number of halogens is 2. The van der Waals surface area contributed by atoms with Gasteiger partial charge in [0, 0.05) is 11.2 Å². The van der Waals surface area contributed by atoms with Gasteiger partial charge in [0.15, 0.2) is 0 Å². The van der Waals surface area contributed by atoms with Gasteiger partial charge in [-0.25, -0.2) is 4.98 Å². The van der Waals surface area contributed by atoms with Crippen LogP contribution in [0.15, 0.2) is 16.9 Å². The summed E-state index contributed by atoms with van der Waals surface area (Å²) in [6.45, 7) is 0. The van der Waals surface area contributed by atoms with Crippen molar-refractivity contribution in [2.45, 2.75) is 25.2 Å². The summed E-state index contributed by atoms with van der Waals surface area (Å²) in [4.78, 5) is 4.18. The van der Waals surface area contributed by atoms with Gasteiger partial charge in [-0.05, 0) is 46.3 Å². The highest BCUT2D eigenvalue weighted by atomic mass is 79.9. The Kier molecular flexibility index (Phi) is 2.37. The highest BCUT2D eigenvalue weighted by molar-refractivity contribution is 9.10. The number of hydrogen-bond donors (Lipinski definition) is 0. The minimum atomic E-state index is 0.665. The van der Waals surface area contributed by atoms with Crippen LogP contribution in [0.4, 0.5) is 0 Å². The molecule has 0 N–H and O–H groups in total. The van der Waals surface area contributed by atoms with E-state index in [2.05, 4.69) is 20.9 Å². The van der Waals surface area contributed by atoms with E-state index in [0.717, 1.165) is 9.63 Å². The highest BCUT2D eigenvalue weighted by Gasteiger charge is 2.21. The lowest BCUT2D eigenvalue weighted by Gasteiger charge is -2.26. The third kappa shape index (κ3) is 1.50. The van der Waals surface area contributed by atoms with Crippen LogP contribution in [0.3, 0.4) is 0 Å². The normalized spacial score (nSPS) is 17.5. The van der Waals surface area contributed by atoms with Crippen LogP contribution < -0.4 is 0 Å². The molecule has 1 aromatic rings. The summed E-state index contributed by atoms with van der Waals surface area (Å²) in [5.74, 6) is 0.665. The summed E-state index contributed by atoms with van der Waals surface area (Å²) in [7, 11) is 0. The van der Waals surface area contributed by atoms with Gasteiger partial charge in [-0.2, -0.15) is 0 Å². The Balaban J connectivity index is 2.31. The molecule has 1 saturated carbocycles. The summed E-state index contributed by atoms with van der Waals surface area (Å²) >= 11 is 9.36. The standard InChI is InChI=1S/C9H9BrClN/c10-9-4-8(11)7(5-12-9)6-2-1-3-6/h4-6H,1-3H2. The zero-order chi connectivity index (χ0) is 8.55. The van der Waals surface area contributed by atoms with Crippen LogP contribution in [0.5, 0.6) is 0 Å². The number of rotatable bonds is 1. The summed E-state index contributed by atoms with van der Waals surface area (Å²) in [6, 6.07) is 1.87. The molecule has 1 nitrogen and oxygen atoms in total. The first-order chi connectivity index (χ1) is 5.77. The molecule has 0 spiro atoms. The molecule has 1 fully saturated rings. The first-order valence-electron chi connectivity index (χ1n) is 4.08. The molecule has 12 heavy (non-hydrogen) atoms. The molecule has 0 bridgehead atoms. The number of hydrogen-bond acceptors (Lipinski definition) is 1. The molecule has 1 aromatic heterocycles. The molecule has 1 aliphatic carbocycles. The van der Waals surface area contributed by atoms with Gasteiger partial charge in [-0.15, -0.1) is 0 Å². The Labute approximate surface area is 85.3 Å². The largest absolute Gasteiger partial charge is 0.249 e. The van der Waals surface area contributed by atoms with Crippen molar-refractivity contribution in [3.63, 3.8) is 0 Å². The SMILES string of the molecule is Clc1cc(Br)ncc1C1CCC1. The topological polar surface area (TPSA) is 12.9 Å². The van der Waals surface area contributed by atoms with Crippen molar-refractivity contribution >= 4 is 27.5 Å². The minimum absolute atomic E-state index is 0.665. The van der Waals surface area contributed by atoms with E-state index in [1.807, 2.05) is 12.3 Å². The summed E-state index contributed by atoms with van der Waals surface area (Å²) in [6.07, 6.45) is 5.75. The van der Waals surface area contributed by atoms with Gasteiger partial charge < -0.3 is 0 Å². The molecule has 1 aliphatic rings. The van der Waals surface area contributed by atoms with Gasteiger partial charge in [0.25, 0.3) is 0 Å². The Morgan fingerprint density at radius 3 is 2.75 bits per heavy atom. The van der Waals surface area contributed by atoms with Crippen molar-refractivity contribution in [1.29, 1.82) is 0 Å². The predicted molar refractivity (Wildman–Crippen MR) is 53.5 cm³/mol. The quantitative estimate of drug-likeness (QED) is 0.688. The molecule has 0 radical (unpaired) electrons. The molecule has 0 aromatic carbocycles. The van der Waals surface area contributed by atoms with E-state index >= 15 is 0 Å². The lowest BCUT2D eigenvalue weighted by atomic mass is 9.81. The Morgan fingerprint density at radius 1 is 1.50 bits per heavy atom. The second-order valence-electron chi connectivity index (χ2n) is 3.16. The molecular formula is C9H9BrClN. The molecule has 1 heterocycles. The maximum atomic E-state index is 6.07. The van der Waals surface area contributed by atoms with Gasteiger partial charge in [0.1, 0.15) is 4.60 Å². The summed E-state index contributed by atoms with van der Waals surface area (Å²) < 4.78 is 0.815. The first kappa shape index (κ1) is 8.52. The average molecular weight is 247 g/mol. The van der Waals surface area contributed by atoms with E-state index in [-0.39, 0.29) is 0 Å². The van der Waals surface area contributed by atoms with Crippen molar-refractivity contribution in [1.82, 2.24) is 4.98 Å². The second-order valence-corrected chi connectivity index (χ2v) is 4.38. The number of nitrogens with zero attached hydrogens (tertiary/aromatic N) is 1. The van der Waals surface area contributed by atoms with Crippen molar-refractivity contribution in [2.24, 2.45) is 0 Å². The average Bonchev–Trinajstić information content (AvgIpc) is 1.91.